The molecule has 2 rings (SSSR count). The van der Waals surface area contributed by atoms with Gasteiger partial charge in [-0.15, -0.1) is 0 Å². The summed E-state index contributed by atoms with van der Waals surface area (Å²) >= 11 is 0. The molecule has 0 aromatic heterocycles. The fraction of sp³-hybridized carbons (Fsp3) is 0.900. The van der Waals surface area contributed by atoms with Crippen molar-refractivity contribution < 1.29 is 9.53 Å². The van der Waals surface area contributed by atoms with E-state index in [-0.39, 0.29) is 5.92 Å². The Morgan fingerprint density at radius 3 is 2.64 bits per heavy atom. The number of amides is 1. The zero-order valence-corrected chi connectivity index (χ0v) is 8.90. The van der Waals surface area contributed by atoms with Gasteiger partial charge in [-0.25, -0.2) is 0 Å². The van der Waals surface area contributed by atoms with Gasteiger partial charge in [0.15, 0.2) is 0 Å². The van der Waals surface area contributed by atoms with Crippen molar-refractivity contribution >= 4 is 5.91 Å². The standard InChI is InChI=1S/C10H18N2O2/c1-11-4-3-8(5-11)10(13)12(2)9-6-14-7-9/h8-9H,3-7H2,1-2H3. The van der Waals surface area contributed by atoms with Gasteiger partial charge in [0.1, 0.15) is 0 Å². The normalized spacial score (nSPS) is 28.9. The Morgan fingerprint density at radius 2 is 2.21 bits per heavy atom. The summed E-state index contributed by atoms with van der Waals surface area (Å²) in [6, 6.07) is 0.327. The highest BCUT2D eigenvalue weighted by atomic mass is 16.5. The monoisotopic (exact) mass is 198 g/mol. The van der Waals surface area contributed by atoms with Crippen LogP contribution in [-0.4, -0.2) is 62.1 Å². The van der Waals surface area contributed by atoms with E-state index in [1.807, 2.05) is 11.9 Å². The van der Waals surface area contributed by atoms with Crippen molar-refractivity contribution in [3.8, 4) is 0 Å². The lowest BCUT2D eigenvalue weighted by atomic mass is 10.1. The molecular weight excluding hydrogens is 180 g/mol. The van der Waals surface area contributed by atoms with Gasteiger partial charge in [0.05, 0.1) is 25.2 Å². The number of hydrogen-bond acceptors (Lipinski definition) is 3. The molecule has 80 valence electrons. The summed E-state index contributed by atoms with van der Waals surface area (Å²) in [4.78, 5) is 16.1. The molecule has 0 bridgehead atoms. The molecule has 2 heterocycles. The average Bonchev–Trinajstić information content (AvgIpc) is 2.47. The topological polar surface area (TPSA) is 32.8 Å². The number of carbonyl (C=O) groups excluding carboxylic acids is 1. The summed E-state index contributed by atoms with van der Waals surface area (Å²) in [6.07, 6.45) is 1.01. The number of rotatable bonds is 2. The first kappa shape index (κ1) is 9.93. The summed E-state index contributed by atoms with van der Waals surface area (Å²) in [6.45, 7) is 3.39. The van der Waals surface area contributed by atoms with Crippen LogP contribution in [0.15, 0.2) is 0 Å². The molecule has 0 radical (unpaired) electrons. The minimum Gasteiger partial charge on any atom is -0.377 e. The van der Waals surface area contributed by atoms with E-state index in [4.69, 9.17) is 4.74 Å². The fourth-order valence-corrected chi connectivity index (χ4v) is 2.05. The van der Waals surface area contributed by atoms with E-state index in [1.165, 1.54) is 0 Å². The zero-order chi connectivity index (χ0) is 10.1. The Balaban J connectivity index is 1.87. The predicted molar refractivity (Wildman–Crippen MR) is 53.0 cm³/mol. The number of carbonyl (C=O) groups is 1. The Hall–Kier alpha value is -0.610. The summed E-state index contributed by atoms with van der Waals surface area (Å²) in [7, 11) is 3.97. The van der Waals surface area contributed by atoms with Crippen molar-refractivity contribution in [2.75, 3.05) is 40.4 Å². The van der Waals surface area contributed by atoms with Gasteiger partial charge in [-0.1, -0.05) is 0 Å². The van der Waals surface area contributed by atoms with Crippen LogP contribution in [0.25, 0.3) is 0 Å². The molecule has 0 N–H and O–H groups in total. The molecule has 0 saturated carbocycles. The molecule has 1 amide bonds. The SMILES string of the molecule is CN1CCC(C(=O)N(C)C2COC2)C1. The van der Waals surface area contributed by atoms with E-state index < -0.39 is 0 Å². The third kappa shape index (κ3) is 1.77. The predicted octanol–water partition coefficient (Wildman–Crippen LogP) is -0.205. The molecule has 2 saturated heterocycles. The van der Waals surface area contributed by atoms with Crippen LogP contribution >= 0.6 is 0 Å². The maximum Gasteiger partial charge on any atom is 0.227 e. The Bertz CT molecular complexity index is 224. The van der Waals surface area contributed by atoms with E-state index in [0.717, 1.165) is 19.5 Å². The third-order valence-electron chi connectivity index (χ3n) is 3.26. The highest BCUT2D eigenvalue weighted by Gasteiger charge is 2.33. The molecular formula is C10H18N2O2. The minimum atomic E-state index is 0.214. The van der Waals surface area contributed by atoms with Gasteiger partial charge in [-0.05, 0) is 20.0 Å². The third-order valence-corrected chi connectivity index (χ3v) is 3.26. The number of nitrogens with zero attached hydrogens (tertiary/aromatic N) is 2. The first-order chi connectivity index (χ1) is 6.68. The Morgan fingerprint density at radius 1 is 1.50 bits per heavy atom. The van der Waals surface area contributed by atoms with Gasteiger partial charge in [0.25, 0.3) is 0 Å². The maximum absolute atomic E-state index is 12.0. The van der Waals surface area contributed by atoms with E-state index >= 15 is 0 Å². The summed E-state index contributed by atoms with van der Waals surface area (Å²) in [5, 5.41) is 0. The van der Waals surface area contributed by atoms with E-state index in [2.05, 4.69) is 11.9 Å². The van der Waals surface area contributed by atoms with E-state index in [1.54, 1.807) is 0 Å². The van der Waals surface area contributed by atoms with Crippen LogP contribution in [0.3, 0.4) is 0 Å². The van der Waals surface area contributed by atoms with Gasteiger partial charge >= 0.3 is 0 Å². The largest absolute Gasteiger partial charge is 0.377 e. The van der Waals surface area contributed by atoms with Crippen molar-refractivity contribution in [3.63, 3.8) is 0 Å². The van der Waals surface area contributed by atoms with Crippen LogP contribution in [0.4, 0.5) is 0 Å². The minimum absolute atomic E-state index is 0.214. The van der Waals surface area contributed by atoms with Gasteiger partial charge in [0.2, 0.25) is 5.91 Å². The lowest BCUT2D eigenvalue weighted by Gasteiger charge is -2.35. The molecule has 2 aliphatic heterocycles. The molecule has 0 aromatic rings. The lowest BCUT2D eigenvalue weighted by Crippen LogP contribution is -2.51. The second kappa shape index (κ2) is 3.87. The lowest BCUT2D eigenvalue weighted by molar-refractivity contribution is -0.145. The quantitative estimate of drug-likeness (QED) is 0.616. The van der Waals surface area contributed by atoms with Crippen LogP contribution in [0.2, 0.25) is 0 Å². The van der Waals surface area contributed by atoms with Crippen molar-refractivity contribution in [3.05, 3.63) is 0 Å². The molecule has 1 atom stereocenters. The van der Waals surface area contributed by atoms with Crippen molar-refractivity contribution in [2.45, 2.75) is 12.5 Å². The summed E-state index contributed by atoms with van der Waals surface area (Å²) < 4.78 is 5.09. The van der Waals surface area contributed by atoms with Gasteiger partial charge in [-0.2, -0.15) is 0 Å². The number of ether oxygens (including phenoxy) is 1. The fourth-order valence-electron chi connectivity index (χ4n) is 2.05. The molecule has 0 aromatic carbocycles. The smallest absolute Gasteiger partial charge is 0.227 e. The molecule has 2 fully saturated rings. The molecule has 0 spiro atoms. The molecule has 0 aliphatic carbocycles. The number of likely N-dealkylation sites (tertiary alicyclic amines) is 1. The second-order valence-corrected chi connectivity index (χ2v) is 4.39. The maximum atomic E-state index is 12.0. The van der Waals surface area contributed by atoms with E-state index in [9.17, 15) is 4.79 Å². The highest BCUT2D eigenvalue weighted by Crippen LogP contribution is 2.19. The molecule has 1 unspecified atom stereocenters. The summed E-state index contributed by atoms with van der Waals surface area (Å²) in [5.41, 5.74) is 0. The highest BCUT2D eigenvalue weighted by molar-refractivity contribution is 5.79. The van der Waals surface area contributed by atoms with Gasteiger partial charge in [-0.3, -0.25) is 4.79 Å². The van der Waals surface area contributed by atoms with Gasteiger partial charge < -0.3 is 14.5 Å². The Labute approximate surface area is 84.8 Å². The number of likely N-dealkylation sites (N-methyl/N-ethyl adjacent to an activating group) is 1. The van der Waals surface area contributed by atoms with Crippen LogP contribution < -0.4 is 0 Å². The zero-order valence-electron chi connectivity index (χ0n) is 8.90. The summed E-state index contributed by atoms with van der Waals surface area (Å²) in [5.74, 6) is 0.508. The molecule has 4 heteroatoms. The van der Waals surface area contributed by atoms with Crippen LogP contribution in [-0.2, 0) is 9.53 Å². The first-order valence-electron chi connectivity index (χ1n) is 5.21. The Kier molecular flexibility index (Phi) is 2.74. The van der Waals surface area contributed by atoms with E-state index in [0.29, 0.717) is 25.2 Å². The molecule has 2 aliphatic rings. The van der Waals surface area contributed by atoms with Crippen molar-refractivity contribution in [1.29, 1.82) is 0 Å². The molecule has 4 nitrogen and oxygen atoms in total. The van der Waals surface area contributed by atoms with Crippen LogP contribution in [0.5, 0.6) is 0 Å². The van der Waals surface area contributed by atoms with Crippen molar-refractivity contribution in [2.24, 2.45) is 5.92 Å². The van der Waals surface area contributed by atoms with Gasteiger partial charge in [0, 0.05) is 13.6 Å². The van der Waals surface area contributed by atoms with Crippen molar-refractivity contribution in [1.82, 2.24) is 9.80 Å². The molecule has 14 heavy (non-hydrogen) atoms. The number of hydrogen-bond donors (Lipinski definition) is 0. The van der Waals surface area contributed by atoms with Crippen LogP contribution in [0.1, 0.15) is 6.42 Å². The van der Waals surface area contributed by atoms with Crippen LogP contribution in [0, 0.1) is 5.92 Å². The second-order valence-electron chi connectivity index (χ2n) is 4.39. The first-order valence-corrected chi connectivity index (χ1v) is 5.21. The average molecular weight is 198 g/mol.